The Morgan fingerprint density at radius 1 is 0.894 bits per heavy atom. The van der Waals surface area contributed by atoms with Crippen LogP contribution in [0, 0.1) is 11.8 Å². The predicted molar refractivity (Wildman–Crippen MR) is 269 cm³/mol. The summed E-state index contributed by atoms with van der Waals surface area (Å²) < 4.78 is 14.1. The van der Waals surface area contributed by atoms with Gasteiger partial charge in [-0.05, 0) is 134 Å². The third kappa shape index (κ3) is 14.3. The molecule has 3 heterocycles. The zero-order valence-corrected chi connectivity index (χ0v) is 41.3. The van der Waals surface area contributed by atoms with Gasteiger partial charge in [-0.25, -0.2) is 4.98 Å². The average molecular weight is 901 g/mol. The summed E-state index contributed by atoms with van der Waals surface area (Å²) in [4.78, 5) is 52.7. The fourth-order valence-electron chi connectivity index (χ4n) is 8.81. The van der Waals surface area contributed by atoms with Crippen molar-refractivity contribution in [1.82, 2.24) is 19.8 Å². The van der Waals surface area contributed by atoms with Crippen molar-refractivity contribution >= 4 is 46.4 Å². The number of piperidine rings is 1. The van der Waals surface area contributed by atoms with Crippen molar-refractivity contribution in [2.75, 3.05) is 13.2 Å². The van der Waals surface area contributed by atoms with Gasteiger partial charge in [0.15, 0.2) is 11.6 Å². The first-order valence-electron chi connectivity index (χ1n) is 24.7. The molecule has 0 spiro atoms. The number of Topliss-reactive ketones (excluding diaryl/α,β-unsaturated/α-hetero) is 2. The highest BCUT2D eigenvalue weighted by molar-refractivity contribution is 6.09. The molecule has 1 atom stereocenters. The number of nitrogens with one attached hydrogen (secondary N) is 1. The second kappa shape index (κ2) is 25.5. The number of ketones is 2. The van der Waals surface area contributed by atoms with Crippen molar-refractivity contribution in [2.24, 2.45) is 18.9 Å². The molecule has 3 fully saturated rings. The molecule has 1 saturated heterocycles. The molecule has 2 aromatic heterocycles. The first-order chi connectivity index (χ1) is 31.7. The fraction of sp³-hybridized carbons (Fsp3) is 0.518. The number of carbonyl (C=O) groups excluding carboxylic acids is 4. The summed E-state index contributed by atoms with van der Waals surface area (Å²) in [5.74, 6) is 0.914. The number of imide groups is 1. The van der Waals surface area contributed by atoms with Gasteiger partial charge in [0.05, 0.1) is 6.61 Å². The SMILES string of the molecule is C/C=C\c1c(/C=C/CC)c2ccc(-c3ccc(OC4CCC4)nc3)cc2n1C.CC(=O)c1cc(OCCCCN(C(C)C)C2CCCCC2)ccc1C(=O)C(C)C.CC1CCC(=O)NC1=O. The topological polar surface area (TPSA) is 120 Å². The van der Waals surface area contributed by atoms with E-state index in [2.05, 4.69) is 103 Å². The summed E-state index contributed by atoms with van der Waals surface area (Å²) >= 11 is 0. The Labute approximate surface area is 394 Å². The molecule has 1 unspecified atom stereocenters. The first-order valence-corrected chi connectivity index (χ1v) is 24.7. The van der Waals surface area contributed by atoms with E-state index in [1.54, 1.807) is 12.1 Å². The molecule has 1 aliphatic heterocycles. The lowest BCUT2D eigenvalue weighted by Crippen LogP contribution is -2.42. The van der Waals surface area contributed by atoms with Crippen LogP contribution in [0.3, 0.4) is 0 Å². The molecule has 10 heteroatoms. The second-order valence-corrected chi connectivity index (χ2v) is 18.8. The van der Waals surface area contributed by atoms with E-state index < -0.39 is 0 Å². The number of carbonyl (C=O) groups is 4. The van der Waals surface area contributed by atoms with Crippen LogP contribution in [0.4, 0.5) is 0 Å². The molecule has 2 aliphatic carbocycles. The van der Waals surface area contributed by atoms with E-state index in [-0.39, 0.29) is 35.2 Å². The van der Waals surface area contributed by atoms with Gasteiger partial charge >= 0.3 is 0 Å². The molecule has 4 aromatic rings. The number of aromatic nitrogens is 2. The zero-order valence-electron chi connectivity index (χ0n) is 41.3. The van der Waals surface area contributed by atoms with Crippen molar-refractivity contribution < 1.29 is 28.7 Å². The summed E-state index contributed by atoms with van der Waals surface area (Å²) in [6, 6.07) is 17.4. The largest absolute Gasteiger partial charge is 0.494 e. The Hall–Kier alpha value is -5.35. The van der Waals surface area contributed by atoms with Gasteiger partial charge in [0.25, 0.3) is 0 Å². The summed E-state index contributed by atoms with van der Waals surface area (Å²) in [7, 11) is 2.14. The summed E-state index contributed by atoms with van der Waals surface area (Å²) in [5, 5.41) is 3.53. The van der Waals surface area contributed by atoms with Crippen LogP contribution >= 0.6 is 0 Å². The van der Waals surface area contributed by atoms with E-state index in [0.29, 0.717) is 48.5 Å². The van der Waals surface area contributed by atoms with E-state index in [9.17, 15) is 19.2 Å². The number of hydrogen-bond donors (Lipinski definition) is 1. The Morgan fingerprint density at radius 3 is 2.23 bits per heavy atom. The Balaban J connectivity index is 0.000000208. The van der Waals surface area contributed by atoms with Gasteiger partial charge in [-0.2, -0.15) is 0 Å². The lowest BCUT2D eigenvalue weighted by Gasteiger charge is -2.37. The molecule has 2 amide bonds. The number of allylic oxidation sites excluding steroid dienone is 2. The van der Waals surface area contributed by atoms with Gasteiger partial charge in [-0.3, -0.25) is 29.4 Å². The average Bonchev–Trinajstić information content (AvgIpc) is 3.55. The summed E-state index contributed by atoms with van der Waals surface area (Å²) in [6.07, 6.45) is 25.7. The fourth-order valence-corrected chi connectivity index (χ4v) is 8.81. The number of amides is 2. The van der Waals surface area contributed by atoms with Crippen LogP contribution in [0.15, 0.2) is 66.9 Å². The van der Waals surface area contributed by atoms with Crippen molar-refractivity contribution in [3.8, 4) is 22.8 Å². The van der Waals surface area contributed by atoms with Crippen molar-refractivity contribution in [1.29, 1.82) is 0 Å². The zero-order chi connectivity index (χ0) is 47.8. The molecular weight excluding hydrogens is 825 g/mol. The highest BCUT2D eigenvalue weighted by atomic mass is 16.5. The number of pyridine rings is 1. The molecule has 7 rings (SSSR count). The molecule has 1 N–H and O–H groups in total. The monoisotopic (exact) mass is 901 g/mol. The molecule has 2 saturated carbocycles. The van der Waals surface area contributed by atoms with Crippen molar-refractivity contribution in [2.45, 2.75) is 157 Å². The minimum atomic E-state index is -0.141. The minimum absolute atomic E-state index is 0.00163. The number of aryl methyl sites for hydroxylation is 1. The number of ether oxygens (including phenoxy) is 2. The standard InChI is InChI=1S/C25H28N2O.C25H39NO3.C6H9NO2/c1-4-6-11-21-22-14-12-18(16-24(22)27(3)23(21)8-5-2)19-13-15-25(26-17-19)28-20-9-7-10-20;1-18(2)25(28)23-14-13-22(17-24(23)20(5)27)29-16-10-9-15-26(19(3)4)21-11-7-6-8-12-21;1-4-2-3-5(8)7-6(4)9/h5-6,8,11-17,20H,4,7,9-10H2,1-3H3;13-14,17-19,21H,6-12,15-16H2,1-5H3;4H,2-3H2,1H3,(H,7,8,9)/b8-5-,11-6+;;. The third-order valence-electron chi connectivity index (χ3n) is 13.0. The Morgan fingerprint density at radius 2 is 1.64 bits per heavy atom. The number of hydrogen-bond acceptors (Lipinski definition) is 8. The highest BCUT2D eigenvalue weighted by Crippen LogP contribution is 2.33. The Bertz CT molecular complexity index is 2290. The number of rotatable bonds is 17. The summed E-state index contributed by atoms with van der Waals surface area (Å²) in [6.45, 7) is 17.6. The minimum Gasteiger partial charge on any atom is -0.494 e. The van der Waals surface area contributed by atoms with Crippen molar-refractivity contribution in [3.63, 3.8) is 0 Å². The van der Waals surface area contributed by atoms with Gasteiger partial charge in [0.2, 0.25) is 17.7 Å². The maximum absolute atomic E-state index is 12.3. The van der Waals surface area contributed by atoms with Crippen LogP contribution < -0.4 is 14.8 Å². The maximum atomic E-state index is 12.3. The van der Waals surface area contributed by atoms with E-state index in [1.807, 2.05) is 39.1 Å². The molecular formula is C56H76N4O6. The molecule has 10 nitrogen and oxygen atoms in total. The molecule has 3 aliphatic rings. The number of nitrogens with zero attached hydrogens (tertiary/aromatic N) is 3. The highest BCUT2D eigenvalue weighted by Gasteiger charge is 2.24. The molecule has 0 radical (unpaired) electrons. The van der Waals surface area contributed by atoms with E-state index in [1.165, 1.54) is 73.2 Å². The predicted octanol–water partition coefficient (Wildman–Crippen LogP) is 12.6. The van der Waals surface area contributed by atoms with E-state index >= 15 is 0 Å². The van der Waals surface area contributed by atoms with Crippen LogP contribution in [-0.4, -0.2) is 69.2 Å². The van der Waals surface area contributed by atoms with Crippen LogP contribution in [0.25, 0.3) is 34.2 Å². The summed E-state index contributed by atoms with van der Waals surface area (Å²) in [5.41, 5.74) is 7.00. The van der Waals surface area contributed by atoms with Crippen LogP contribution in [-0.2, 0) is 16.6 Å². The number of fused-ring (bicyclic) bond motifs is 1. The van der Waals surface area contributed by atoms with Gasteiger partial charge in [0.1, 0.15) is 11.9 Å². The van der Waals surface area contributed by atoms with Crippen LogP contribution in [0.5, 0.6) is 11.6 Å². The quantitative estimate of drug-likeness (QED) is 0.0632. The first kappa shape index (κ1) is 51.6. The van der Waals surface area contributed by atoms with Gasteiger partial charge < -0.3 is 14.0 Å². The molecule has 66 heavy (non-hydrogen) atoms. The lowest BCUT2D eigenvalue weighted by atomic mass is 9.93. The van der Waals surface area contributed by atoms with E-state index in [4.69, 9.17) is 9.47 Å². The number of unbranched alkanes of at least 4 members (excludes halogenated alkanes) is 1. The van der Waals surface area contributed by atoms with Crippen LogP contribution in [0.2, 0.25) is 0 Å². The lowest BCUT2D eigenvalue weighted by molar-refractivity contribution is -0.135. The third-order valence-corrected chi connectivity index (χ3v) is 13.0. The van der Waals surface area contributed by atoms with Crippen LogP contribution in [0.1, 0.15) is 171 Å². The molecule has 2 aromatic carbocycles. The normalized spacial score (nSPS) is 16.9. The maximum Gasteiger partial charge on any atom is 0.229 e. The van der Waals surface area contributed by atoms with Gasteiger partial charge in [-0.1, -0.05) is 77.3 Å². The van der Waals surface area contributed by atoms with Gasteiger partial charge in [-0.15, -0.1) is 0 Å². The smallest absolute Gasteiger partial charge is 0.229 e. The Kier molecular flexibility index (Phi) is 20.0. The van der Waals surface area contributed by atoms with E-state index in [0.717, 1.165) is 56.1 Å². The second-order valence-electron chi connectivity index (χ2n) is 18.8. The number of benzene rings is 2. The molecule has 356 valence electrons. The van der Waals surface area contributed by atoms with Gasteiger partial charge in [0, 0.05) is 88.5 Å². The van der Waals surface area contributed by atoms with Crippen molar-refractivity contribution in [3.05, 3.63) is 89.3 Å². The molecule has 0 bridgehead atoms.